The highest BCUT2D eigenvalue weighted by atomic mass is 79.9. The fourth-order valence-corrected chi connectivity index (χ4v) is 5.71. The number of methoxy groups -OCH3 is 1. The van der Waals surface area contributed by atoms with Crippen molar-refractivity contribution in [2.45, 2.75) is 5.33 Å². The summed E-state index contributed by atoms with van der Waals surface area (Å²) in [6.45, 7) is 0. The van der Waals surface area contributed by atoms with Crippen LogP contribution < -0.4 is 15.9 Å². The Morgan fingerprint density at radius 1 is 0.677 bits per heavy atom. The van der Waals surface area contributed by atoms with Gasteiger partial charge in [0, 0.05) is 5.33 Å². The third-order valence-corrected chi connectivity index (χ3v) is 7.66. The van der Waals surface area contributed by atoms with Gasteiger partial charge in [-0.05, 0) is 41.5 Å². The molecule has 4 aromatic rings. The Bertz CT molecular complexity index is 959. The van der Waals surface area contributed by atoms with Crippen LogP contribution in [-0.4, -0.2) is 13.1 Å². The molecule has 0 saturated carbocycles. The van der Waals surface area contributed by atoms with Crippen molar-refractivity contribution in [1.82, 2.24) is 0 Å². The van der Waals surface area contributed by atoms with E-state index in [1.54, 1.807) is 12.1 Å². The number of carbonyl (C=O) groups excluding carboxylic acids is 1. The van der Waals surface area contributed by atoms with Crippen molar-refractivity contribution in [2.75, 3.05) is 7.11 Å². The van der Waals surface area contributed by atoms with E-state index in [0.29, 0.717) is 5.56 Å². The van der Waals surface area contributed by atoms with Crippen molar-refractivity contribution in [1.29, 1.82) is 0 Å². The van der Waals surface area contributed by atoms with Crippen molar-refractivity contribution in [3.05, 3.63) is 126 Å². The Morgan fingerprint density at radius 2 is 1.06 bits per heavy atom. The summed E-state index contributed by atoms with van der Waals surface area (Å²) in [5.41, 5.74) is 1.73. The number of esters is 1. The van der Waals surface area contributed by atoms with Crippen molar-refractivity contribution in [3.8, 4) is 0 Å². The Labute approximate surface area is 193 Å². The van der Waals surface area contributed by atoms with E-state index < -0.39 is 7.92 Å². The van der Waals surface area contributed by atoms with Gasteiger partial charge < -0.3 is 4.74 Å². The van der Waals surface area contributed by atoms with Crippen LogP contribution in [-0.2, 0) is 10.1 Å². The number of alkyl halides is 1. The van der Waals surface area contributed by atoms with Crippen LogP contribution in [0.1, 0.15) is 15.9 Å². The third-order valence-electron chi connectivity index (χ3n) is 4.57. The topological polar surface area (TPSA) is 26.3 Å². The molecule has 31 heavy (non-hydrogen) atoms. The highest BCUT2D eigenvalue weighted by Crippen LogP contribution is 2.32. The van der Waals surface area contributed by atoms with Gasteiger partial charge in [0.05, 0.1) is 12.7 Å². The van der Waals surface area contributed by atoms with E-state index in [1.165, 1.54) is 23.0 Å². The molecule has 0 aliphatic rings. The zero-order chi connectivity index (χ0) is 21.9. The molecule has 4 heteroatoms. The summed E-state index contributed by atoms with van der Waals surface area (Å²) in [4.78, 5) is 11.0. The average Bonchev–Trinajstić information content (AvgIpc) is 2.86. The van der Waals surface area contributed by atoms with Crippen LogP contribution in [0.25, 0.3) is 0 Å². The summed E-state index contributed by atoms with van der Waals surface area (Å²) >= 11 is 3.32. The van der Waals surface area contributed by atoms with E-state index in [-0.39, 0.29) is 5.97 Å². The first-order valence-corrected chi connectivity index (χ1v) is 12.4. The number of halogens is 1. The first kappa shape index (κ1) is 22.9. The van der Waals surface area contributed by atoms with Gasteiger partial charge in [0.2, 0.25) is 0 Å². The lowest BCUT2D eigenvalue weighted by atomic mass is 10.1. The second kappa shape index (κ2) is 12.2. The summed E-state index contributed by atoms with van der Waals surface area (Å²) in [6, 6.07) is 39.6. The number of ether oxygens (including phenoxy) is 1. The molecule has 4 aromatic carbocycles. The minimum Gasteiger partial charge on any atom is -0.465 e. The normalized spacial score (nSPS) is 10.2. The second-order valence-corrected chi connectivity index (χ2v) is 9.44. The van der Waals surface area contributed by atoms with Gasteiger partial charge in [-0.3, -0.25) is 0 Å². The molecule has 0 bridgehead atoms. The quantitative estimate of drug-likeness (QED) is 0.200. The molecule has 0 saturated heterocycles. The van der Waals surface area contributed by atoms with Crippen molar-refractivity contribution in [2.24, 2.45) is 0 Å². The van der Waals surface area contributed by atoms with Crippen LogP contribution >= 0.6 is 23.9 Å². The standard InChI is InChI=1S/C18H15P.C9H9BrO2/c1-4-10-16(11-5-1)19(17-12-6-2-7-13-17)18-14-8-3-9-15-18;1-12-9(11)8-4-2-7(6-10)3-5-8/h1-15H;2-5H,6H2,1H3. The maximum absolute atomic E-state index is 11.0. The van der Waals surface area contributed by atoms with Gasteiger partial charge in [-0.1, -0.05) is 119 Å². The smallest absolute Gasteiger partial charge is 0.337 e. The van der Waals surface area contributed by atoms with E-state index >= 15 is 0 Å². The molecule has 0 fully saturated rings. The first-order chi connectivity index (χ1) is 15.2. The molecule has 0 amide bonds. The van der Waals surface area contributed by atoms with E-state index in [2.05, 4.69) is 112 Å². The average molecular weight is 491 g/mol. The summed E-state index contributed by atoms with van der Waals surface area (Å²) < 4.78 is 4.56. The molecular weight excluding hydrogens is 467 g/mol. The number of benzene rings is 4. The summed E-state index contributed by atoms with van der Waals surface area (Å²) in [6.07, 6.45) is 0. The van der Waals surface area contributed by atoms with Crippen LogP contribution in [0.5, 0.6) is 0 Å². The monoisotopic (exact) mass is 490 g/mol. The minimum atomic E-state index is -0.446. The minimum absolute atomic E-state index is 0.295. The fraction of sp³-hybridized carbons (Fsp3) is 0.0741. The number of carbonyl (C=O) groups is 1. The van der Waals surface area contributed by atoms with Gasteiger partial charge in [0.1, 0.15) is 0 Å². The molecule has 0 unspecified atom stereocenters. The highest BCUT2D eigenvalue weighted by molar-refractivity contribution is 9.08. The van der Waals surface area contributed by atoms with E-state index in [0.717, 1.165) is 10.9 Å². The lowest BCUT2D eigenvalue weighted by Gasteiger charge is -2.18. The predicted molar refractivity (Wildman–Crippen MR) is 136 cm³/mol. The number of hydrogen-bond donors (Lipinski definition) is 0. The van der Waals surface area contributed by atoms with Crippen molar-refractivity contribution in [3.63, 3.8) is 0 Å². The van der Waals surface area contributed by atoms with Gasteiger partial charge in [0.25, 0.3) is 0 Å². The van der Waals surface area contributed by atoms with Crippen LogP contribution in [0.2, 0.25) is 0 Å². The molecule has 0 aromatic heterocycles. The summed E-state index contributed by atoms with van der Waals surface area (Å²) in [7, 11) is 0.930. The Morgan fingerprint density at radius 3 is 1.39 bits per heavy atom. The molecule has 0 heterocycles. The molecule has 0 radical (unpaired) electrons. The van der Waals surface area contributed by atoms with Crippen molar-refractivity contribution < 1.29 is 9.53 Å². The van der Waals surface area contributed by atoms with Crippen LogP contribution in [0.15, 0.2) is 115 Å². The molecule has 0 spiro atoms. The maximum atomic E-state index is 11.0. The SMILES string of the molecule is COC(=O)c1ccc(CBr)cc1.c1ccc(P(c2ccccc2)c2ccccc2)cc1. The zero-order valence-corrected chi connectivity index (χ0v) is 19.8. The summed E-state index contributed by atoms with van der Waals surface area (Å²) in [5.74, 6) is -0.295. The number of hydrogen-bond acceptors (Lipinski definition) is 2. The van der Waals surface area contributed by atoms with Gasteiger partial charge in [-0.2, -0.15) is 0 Å². The molecule has 0 atom stereocenters. The lowest BCUT2D eigenvalue weighted by molar-refractivity contribution is 0.0600. The predicted octanol–water partition coefficient (Wildman–Crippen LogP) is 5.81. The molecule has 0 N–H and O–H groups in total. The largest absolute Gasteiger partial charge is 0.465 e. The zero-order valence-electron chi connectivity index (χ0n) is 17.3. The van der Waals surface area contributed by atoms with Gasteiger partial charge in [0.15, 0.2) is 0 Å². The molecule has 156 valence electrons. The molecule has 0 aliphatic heterocycles. The van der Waals surface area contributed by atoms with Crippen molar-refractivity contribution >= 4 is 45.7 Å². The highest BCUT2D eigenvalue weighted by Gasteiger charge is 2.15. The molecule has 0 aliphatic carbocycles. The van der Waals surface area contributed by atoms with Crippen LogP contribution in [0.4, 0.5) is 0 Å². The molecule has 4 rings (SSSR count). The van der Waals surface area contributed by atoms with Gasteiger partial charge >= 0.3 is 5.97 Å². The van der Waals surface area contributed by atoms with Gasteiger partial charge in [-0.25, -0.2) is 4.79 Å². The van der Waals surface area contributed by atoms with Crippen LogP contribution in [0, 0.1) is 0 Å². The Kier molecular flexibility index (Phi) is 9.02. The molecule has 2 nitrogen and oxygen atoms in total. The fourth-order valence-electron chi connectivity index (χ4n) is 3.03. The second-order valence-electron chi connectivity index (χ2n) is 6.66. The summed E-state index contributed by atoms with van der Waals surface area (Å²) in [5, 5.41) is 4.99. The van der Waals surface area contributed by atoms with E-state index in [9.17, 15) is 4.79 Å². The first-order valence-electron chi connectivity index (χ1n) is 9.91. The Hall–Kier alpha value is -2.74. The number of rotatable bonds is 5. The third kappa shape index (κ3) is 6.62. The maximum Gasteiger partial charge on any atom is 0.337 e. The van der Waals surface area contributed by atoms with Gasteiger partial charge in [-0.15, -0.1) is 0 Å². The lowest BCUT2D eigenvalue weighted by Crippen LogP contribution is -2.20. The van der Waals surface area contributed by atoms with E-state index in [1.807, 2.05) is 12.1 Å². The van der Waals surface area contributed by atoms with Crippen LogP contribution in [0.3, 0.4) is 0 Å². The molecular formula is C27H24BrO2P. The Balaban J connectivity index is 0.000000196. The van der Waals surface area contributed by atoms with E-state index in [4.69, 9.17) is 0 Å².